The monoisotopic (exact) mass is 413 g/mol. The van der Waals surface area contributed by atoms with E-state index in [0.29, 0.717) is 6.04 Å². The average Bonchev–Trinajstić information content (AvgIpc) is 2.79. The van der Waals surface area contributed by atoms with Crippen LogP contribution < -0.4 is 5.32 Å². The zero-order chi connectivity index (χ0) is 21.2. The molecule has 0 aliphatic heterocycles. The van der Waals surface area contributed by atoms with E-state index in [9.17, 15) is 4.79 Å². The van der Waals surface area contributed by atoms with Gasteiger partial charge in [-0.25, -0.2) is 0 Å². The van der Waals surface area contributed by atoms with Crippen LogP contribution in [0, 0.1) is 29.6 Å². The highest BCUT2D eigenvalue weighted by molar-refractivity contribution is 5.87. The Morgan fingerprint density at radius 3 is 1.87 bits per heavy atom. The maximum atomic E-state index is 11.5. The van der Waals surface area contributed by atoms with Crippen LogP contribution in [-0.4, -0.2) is 11.9 Å². The first-order chi connectivity index (χ1) is 14.7. The zero-order valence-electron chi connectivity index (χ0n) is 19.6. The van der Waals surface area contributed by atoms with Crippen LogP contribution in [-0.2, 0) is 4.79 Å². The molecule has 3 aliphatic carbocycles. The molecule has 0 aromatic rings. The molecule has 0 heterocycles. The van der Waals surface area contributed by atoms with E-state index in [1.165, 1.54) is 96.0 Å². The Kier molecular flexibility index (Phi) is 10.0. The highest BCUT2D eigenvalue weighted by atomic mass is 16.1. The first-order valence-corrected chi connectivity index (χ1v) is 13.3. The minimum atomic E-state index is -0.00396. The molecule has 0 aromatic heterocycles. The van der Waals surface area contributed by atoms with Crippen molar-refractivity contribution in [2.45, 2.75) is 116 Å². The van der Waals surface area contributed by atoms with Crippen molar-refractivity contribution in [3.05, 3.63) is 24.8 Å². The van der Waals surface area contributed by atoms with Gasteiger partial charge in [-0.2, -0.15) is 0 Å². The van der Waals surface area contributed by atoms with Gasteiger partial charge in [0.25, 0.3) is 0 Å². The van der Waals surface area contributed by atoms with Gasteiger partial charge >= 0.3 is 0 Å². The number of rotatable bonds is 9. The number of hydrogen-bond donors (Lipinski definition) is 1. The maximum Gasteiger partial charge on any atom is 0.243 e. The second-order valence-electron chi connectivity index (χ2n) is 10.7. The van der Waals surface area contributed by atoms with Crippen LogP contribution in [0.15, 0.2) is 24.8 Å². The smallest absolute Gasteiger partial charge is 0.243 e. The molecule has 0 spiro atoms. The van der Waals surface area contributed by atoms with Crippen molar-refractivity contribution < 1.29 is 4.79 Å². The SMILES string of the molecule is C=CC(=O)NC1CCC(C2CCC(/C=C/C3CCC(CCCCC)CC3)CC2)CC1. The fourth-order valence-electron chi connectivity index (χ4n) is 6.47. The van der Waals surface area contributed by atoms with Gasteiger partial charge < -0.3 is 5.32 Å². The Morgan fingerprint density at radius 2 is 1.33 bits per heavy atom. The molecule has 0 unspecified atom stereocenters. The molecule has 30 heavy (non-hydrogen) atoms. The van der Waals surface area contributed by atoms with Crippen molar-refractivity contribution in [3.63, 3.8) is 0 Å². The van der Waals surface area contributed by atoms with E-state index >= 15 is 0 Å². The molecule has 1 N–H and O–H groups in total. The topological polar surface area (TPSA) is 29.1 Å². The molecule has 2 heteroatoms. The highest BCUT2D eigenvalue weighted by Crippen LogP contribution is 2.41. The van der Waals surface area contributed by atoms with Gasteiger partial charge in [-0.05, 0) is 113 Å². The van der Waals surface area contributed by atoms with Crippen LogP contribution in [0.3, 0.4) is 0 Å². The molecule has 0 atom stereocenters. The molecule has 0 bridgehead atoms. The van der Waals surface area contributed by atoms with Crippen LogP contribution >= 0.6 is 0 Å². The lowest BCUT2D eigenvalue weighted by Crippen LogP contribution is -2.38. The lowest BCUT2D eigenvalue weighted by Gasteiger charge is -2.37. The molecule has 0 saturated heterocycles. The van der Waals surface area contributed by atoms with Gasteiger partial charge in [0.15, 0.2) is 0 Å². The van der Waals surface area contributed by atoms with Crippen molar-refractivity contribution in [1.82, 2.24) is 5.32 Å². The van der Waals surface area contributed by atoms with Crippen LogP contribution in [0.5, 0.6) is 0 Å². The Labute approximate surface area is 186 Å². The molecule has 0 radical (unpaired) electrons. The second-order valence-corrected chi connectivity index (χ2v) is 10.7. The molecular formula is C28H47NO. The predicted molar refractivity (Wildman–Crippen MR) is 128 cm³/mol. The minimum absolute atomic E-state index is 0.00396. The summed E-state index contributed by atoms with van der Waals surface area (Å²) < 4.78 is 0. The Hall–Kier alpha value is -1.05. The summed E-state index contributed by atoms with van der Waals surface area (Å²) in [5.74, 6) is 4.56. The number of unbranched alkanes of at least 4 members (excludes halogenated alkanes) is 2. The average molecular weight is 414 g/mol. The number of carbonyl (C=O) groups is 1. The van der Waals surface area contributed by atoms with Gasteiger partial charge in [0, 0.05) is 6.04 Å². The molecule has 170 valence electrons. The predicted octanol–water partition coefficient (Wildman–Crippen LogP) is 7.60. The minimum Gasteiger partial charge on any atom is -0.350 e. The molecular weight excluding hydrogens is 366 g/mol. The molecule has 2 nitrogen and oxygen atoms in total. The molecule has 1 amide bonds. The largest absolute Gasteiger partial charge is 0.350 e. The third-order valence-electron chi connectivity index (χ3n) is 8.55. The number of hydrogen-bond acceptors (Lipinski definition) is 1. The Bertz CT molecular complexity index is 529. The number of carbonyl (C=O) groups excluding carboxylic acids is 1. The maximum absolute atomic E-state index is 11.5. The lowest BCUT2D eigenvalue weighted by molar-refractivity contribution is -0.117. The third-order valence-corrected chi connectivity index (χ3v) is 8.55. The summed E-state index contributed by atoms with van der Waals surface area (Å²) in [5, 5.41) is 3.10. The van der Waals surface area contributed by atoms with Crippen LogP contribution in [0.1, 0.15) is 110 Å². The Balaban J connectivity index is 1.30. The van der Waals surface area contributed by atoms with Crippen molar-refractivity contribution >= 4 is 5.91 Å². The standard InChI is InChI=1S/C28H47NO/c1-3-5-6-7-22-8-10-23(11-9-22)12-13-24-14-16-25(17-15-24)26-18-20-27(21-19-26)29-28(30)4-2/h4,12-13,22-27H,2-3,5-11,14-21H2,1H3,(H,29,30)/b13-12+. The summed E-state index contributed by atoms with van der Waals surface area (Å²) in [6, 6.07) is 0.382. The Morgan fingerprint density at radius 1 is 0.800 bits per heavy atom. The highest BCUT2D eigenvalue weighted by Gasteiger charge is 2.30. The fraction of sp³-hybridized carbons (Fsp3) is 0.821. The van der Waals surface area contributed by atoms with Gasteiger partial charge in [-0.1, -0.05) is 51.3 Å². The lowest BCUT2D eigenvalue weighted by atomic mass is 9.70. The quantitative estimate of drug-likeness (QED) is 0.235. The summed E-state index contributed by atoms with van der Waals surface area (Å²) in [4.78, 5) is 11.5. The van der Waals surface area contributed by atoms with E-state index in [1.54, 1.807) is 0 Å². The summed E-state index contributed by atoms with van der Waals surface area (Å²) in [6.07, 6.45) is 28.7. The van der Waals surface area contributed by atoms with E-state index < -0.39 is 0 Å². The number of allylic oxidation sites excluding steroid dienone is 2. The summed E-state index contributed by atoms with van der Waals surface area (Å²) in [7, 11) is 0. The summed E-state index contributed by atoms with van der Waals surface area (Å²) >= 11 is 0. The zero-order valence-corrected chi connectivity index (χ0v) is 19.6. The first-order valence-electron chi connectivity index (χ1n) is 13.3. The van der Waals surface area contributed by atoms with Crippen LogP contribution in [0.25, 0.3) is 0 Å². The molecule has 3 rings (SSSR count). The van der Waals surface area contributed by atoms with Crippen molar-refractivity contribution in [3.8, 4) is 0 Å². The van der Waals surface area contributed by atoms with Crippen molar-refractivity contribution in [2.24, 2.45) is 29.6 Å². The fourth-order valence-corrected chi connectivity index (χ4v) is 6.47. The van der Waals surface area contributed by atoms with Gasteiger partial charge in [0.05, 0.1) is 0 Å². The van der Waals surface area contributed by atoms with Gasteiger partial charge in [0.1, 0.15) is 0 Å². The first kappa shape index (κ1) is 23.6. The van der Waals surface area contributed by atoms with Gasteiger partial charge in [-0.3, -0.25) is 4.79 Å². The number of amides is 1. The van der Waals surface area contributed by atoms with E-state index in [2.05, 4.69) is 31.0 Å². The van der Waals surface area contributed by atoms with Crippen molar-refractivity contribution in [1.29, 1.82) is 0 Å². The van der Waals surface area contributed by atoms with Crippen molar-refractivity contribution in [2.75, 3.05) is 0 Å². The van der Waals surface area contributed by atoms with E-state index in [0.717, 1.165) is 42.4 Å². The number of nitrogens with one attached hydrogen (secondary N) is 1. The van der Waals surface area contributed by atoms with E-state index in [1.807, 2.05) is 0 Å². The summed E-state index contributed by atoms with van der Waals surface area (Å²) in [5.41, 5.74) is 0. The molecule has 0 aromatic carbocycles. The molecule has 3 fully saturated rings. The van der Waals surface area contributed by atoms with Crippen LogP contribution in [0.4, 0.5) is 0 Å². The van der Waals surface area contributed by atoms with E-state index in [4.69, 9.17) is 0 Å². The molecule has 3 aliphatic rings. The third kappa shape index (κ3) is 7.57. The normalized spacial score (nSPS) is 35.2. The molecule has 3 saturated carbocycles. The van der Waals surface area contributed by atoms with Gasteiger partial charge in [-0.15, -0.1) is 0 Å². The van der Waals surface area contributed by atoms with E-state index in [-0.39, 0.29) is 5.91 Å². The summed E-state index contributed by atoms with van der Waals surface area (Å²) in [6.45, 7) is 5.88. The van der Waals surface area contributed by atoms with Crippen LogP contribution in [0.2, 0.25) is 0 Å². The van der Waals surface area contributed by atoms with Gasteiger partial charge in [0.2, 0.25) is 5.91 Å². The second kappa shape index (κ2) is 12.7.